The van der Waals surface area contributed by atoms with Gasteiger partial charge in [0.05, 0.1) is 13.2 Å². The predicted octanol–water partition coefficient (Wildman–Crippen LogP) is 4.05. The topological polar surface area (TPSA) is 38.7 Å². The van der Waals surface area contributed by atoms with E-state index in [2.05, 4.69) is 12.7 Å². The van der Waals surface area contributed by atoms with Gasteiger partial charge in [-0.15, -0.1) is 5.73 Å². The third-order valence-electron chi connectivity index (χ3n) is 3.46. The predicted molar refractivity (Wildman–Crippen MR) is 84.0 cm³/mol. The molecule has 0 bridgehead atoms. The fourth-order valence-electron chi connectivity index (χ4n) is 2.30. The Morgan fingerprint density at radius 2 is 2.14 bits per heavy atom. The molecule has 0 unspecified atom stereocenters. The van der Waals surface area contributed by atoms with Gasteiger partial charge in [0.25, 0.3) is 0 Å². The summed E-state index contributed by atoms with van der Waals surface area (Å²) in [5.41, 5.74) is 6.53. The van der Waals surface area contributed by atoms with Crippen LogP contribution in [0.3, 0.4) is 0 Å². The van der Waals surface area contributed by atoms with Gasteiger partial charge in [-0.3, -0.25) is 0 Å². The lowest BCUT2D eigenvalue weighted by molar-refractivity contribution is -0.0125. The second kappa shape index (κ2) is 7.84. The van der Waals surface area contributed by atoms with Crippen LogP contribution in [0.5, 0.6) is 5.75 Å². The van der Waals surface area contributed by atoms with E-state index in [9.17, 15) is 5.11 Å². The van der Waals surface area contributed by atoms with Crippen LogP contribution >= 0.6 is 0 Å². The first-order valence-electron chi connectivity index (χ1n) is 7.36. The van der Waals surface area contributed by atoms with Crippen molar-refractivity contribution < 1.29 is 14.6 Å². The van der Waals surface area contributed by atoms with Crippen LogP contribution in [0.15, 0.2) is 47.7 Å². The Labute approximate surface area is 126 Å². The molecular weight excluding hydrogens is 264 g/mol. The number of allylic oxidation sites excluding steroid dienone is 2. The van der Waals surface area contributed by atoms with E-state index in [1.54, 1.807) is 12.1 Å². The molecule has 1 aromatic carbocycles. The van der Waals surface area contributed by atoms with Gasteiger partial charge in [0.2, 0.25) is 0 Å². The van der Waals surface area contributed by atoms with Crippen molar-refractivity contribution in [2.24, 2.45) is 0 Å². The molecule has 3 nitrogen and oxygen atoms in total. The minimum absolute atomic E-state index is 0.209. The molecule has 112 valence electrons. The molecule has 0 radical (unpaired) electrons. The van der Waals surface area contributed by atoms with Crippen LogP contribution in [-0.4, -0.2) is 24.6 Å². The summed E-state index contributed by atoms with van der Waals surface area (Å²) in [6.45, 7) is 5.39. The largest absolute Gasteiger partial charge is 0.508 e. The molecule has 0 amide bonds. The maximum absolute atomic E-state index is 9.56. The Morgan fingerprint density at radius 3 is 2.76 bits per heavy atom. The van der Waals surface area contributed by atoms with Crippen molar-refractivity contribution in [3.63, 3.8) is 0 Å². The summed E-state index contributed by atoms with van der Waals surface area (Å²) in [6.07, 6.45) is 5.45. The lowest BCUT2D eigenvalue weighted by Crippen LogP contribution is -2.10. The molecule has 0 atom stereocenters. The van der Waals surface area contributed by atoms with Crippen molar-refractivity contribution in [2.45, 2.75) is 33.0 Å². The molecule has 3 heteroatoms. The normalized spacial score (nSPS) is 15.8. The van der Waals surface area contributed by atoms with Gasteiger partial charge < -0.3 is 14.6 Å². The first kappa shape index (κ1) is 15.6. The summed E-state index contributed by atoms with van der Waals surface area (Å²) >= 11 is 0. The molecule has 1 saturated heterocycles. The van der Waals surface area contributed by atoms with Crippen molar-refractivity contribution >= 4 is 5.57 Å². The van der Waals surface area contributed by atoms with E-state index in [0.29, 0.717) is 13.2 Å². The van der Waals surface area contributed by atoms with Crippen molar-refractivity contribution in [1.82, 2.24) is 0 Å². The molecule has 21 heavy (non-hydrogen) atoms. The molecule has 1 aromatic rings. The first-order chi connectivity index (χ1) is 10.2. The summed E-state index contributed by atoms with van der Waals surface area (Å²) in [7, 11) is 0. The summed E-state index contributed by atoms with van der Waals surface area (Å²) < 4.78 is 11.0. The molecule has 1 heterocycles. The zero-order chi connectivity index (χ0) is 15.1. The van der Waals surface area contributed by atoms with Crippen LogP contribution in [0.2, 0.25) is 0 Å². The highest BCUT2D eigenvalue weighted by molar-refractivity contribution is 5.65. The zero-order valence-electron chi connectivity index (χ0n) is 12.6. The molecular formula is C18H22O3. The van der Waals surface area contributed by atoms with Gasteiger partial charge in [0.15, 0.2) is 6.29 Å². The SMILES string of the molecule is CC=C(CC=C=C(CC)c1cccc(O)c1)C1OCCO1. The van der Waals surface area contributed by atoms with Crippen LogP contribution in [0, 0.1) is 0 Å². The van der Waals surface area contributed by atoms with Gasteiger partial charge in [-0.05, 0) is 49.1 Å². The maximum atomic E-state index is 9.56. The maximum Gasteiger partial charge on any atom is 0.180 e. The molecule has 0 spiro atoms. The van der Waals surface area contributed by atoms with Gasteiger partial charge in [-0.25, -0.2) is 0 Å². The number of rotatable bonds is 5. The number of hydrogen-bond acceptors (Lipinski definition) is 3. The molecule has 0 saturated carbocycles. The van der Waals surface area contributed by atoms with Gasteiger partial charge in [0.1, 0.15) is 5.75 Å². The van der Waals surface area contributed by atoms with E-state index in [-0.39, 0.29) is 12.0 Å². The van der Waals surface area contributed by atoms with Gasteiger partial charge in [-0.2, -0.15) is 0 Å². The van der Waals surface area contributed by atoms with Gasteiger partial charge >= 0.3 is 0 Å². The first-order valence-corrected chi connectivity index (χ1v) is 7.36. The molecule has 0 aliphatic carbocycles. The Hall–Kier alpha value is -1.80. The molecule has 1 N–H and O–H groups in total. The number of benzene rings is 1. The monoisotopic (exact) mass is 286 g/mol. The van der Waals surface area contributed by atoms with Crippen LogP contribution in [0.25, 0.3) is 5.57 Å². The van der Waals surface area contributed by atoms with Crippen molar-refractivity contribution in [3.8, 4) is 5.75 Å². The van der Waals surface area contributed by atoms with Gasteiger partial charge in [-0.1, -0.05) is 25.1 Å². The van der Waals surface area contributed by atoms with E-state index in [1.807, 2.05) is 31.2 Å². The second-order valence-electron chi connectivity index (χ2n) is 4.87. The number of phenolic OH excluding ortho intramolecular Hbond substituents is 1. The quantitative estimate of drug-likeness (QED) is 0.655. The third-order valence-corrected chi connectivity index (χ3v) is 3.46. The minimum Gasteiger partial charge on any atom is -0.508 e. The van der Waals surface area contributed by atoms with Crippen molar-refractivity contribution in [2.75, 3.05) is 13.2 Å². The number of ether oxygens (including phenoxy) is 2. The van der Waals surface area contributed by atoms with E-state index >= 15 is 0 Å². The summed E-state index contributed by atoms with van der Waals surface area (Å²) in [5.74, 6) is 0.280. The highest BCUT2D eigenvalue weighted by Crippen LogP contribution is 2.22. The van der Waals surface area contributed by atoms with E-state index in [0.717, 1.165) is 29.6 Å². The smallest absolute Gasteiger partial charge is 0.180 e. The second-order valence-corrected chi connectivity index (χ2v) is 4.87. The standard InChI is InChI=1S/C18H22O3/c1-3-14(16-9-6-10-17(19)13-16)7-5-8-15(4-2)18-20-11-12-21-18/h4-6,9-10,13,18-19H,3,8,11-12H2,1-2H3. The van der Waals surface area contributed by atoms with Gasteiger partial charge in [0, 0.05) is 5.57 Å². The minimum atomic E-state index is -0.209. The lowest BCUT2D eigenvalue weighted by Gasteiger charge is -2.11. The molecule has 2 rings (SSSR count). The molecule has 1 fully saturated rings. The third kappa shape index (κ3) is 4.33. The zero-order valence-corrected chi connectivity index (χ0v) is 12.6. The lowest BCUT2D eigenvalue weighted by atomic mass is 10.0. The average molecular weight is 286 g/mol. The van der Waals surface area contributed by atoms with E-state index in [4.69, 9.17) is 9.47 Å². The average Bonchev–Trinajstić information content (AvgIpc) is 3.01. The van der Waals surface area contributed by atoms with Crippen molar-refractivity contribution in [1.29, 1.82) is 0 Å². The molecule has 1 aliphatic heterocycles. The van der Waals surface area contributed by atoms with E-state index in [1.165, 1.54) is 0 Å². The number of hydrogen-bond donors (Lipinski definition) is 1. The fraction of sp³-hybridized carbons (Fsp3) is 0.389. The van der Waals surface area contributed by atoms with Crippen LogP contribution in [0.4, 0.5) is 0 Å². The molecule has 0 aromatic heterocycles. The summed E-state index contributed by atoms with van der Waals surface area (Å²) in [6, 6.07) is 7.27. The van der Waals surface area contributed by atoms with Crippen LogP contribution in [-0.2, 0) is 9.47 Å². The fourth-order valence-corrected chi connectivity index (χ4v) is 2.30. The number of phenols is 1. The van der Waals surface area contributed by atoms with Crippen LogP contribution < -0.4 is 0 Å². The Kier molecular flexibility index (Phi) is 5.82. The van der Waals surface area contributed by atoms with E-state index < -0.39 is 0 Å². The highest BCUT2D eigenvalue weighted by atomic mass is 16.7. The van der Waals surface area contributed by atoms with Crippen molar-refractivity contribution in [3.05, 3.63) is 53.3 Å². The Bertz CT molecular complexity index is 560. The summed E-state index contributed by atoms with van der Waals surface area (Å²) in [5, 5.41) is 9.56. The Morgan fingerprint density at radius 1 is 1.38 bits per heavy atom. The highest BCUT2D eigenvalue weighted by Gasteiger charge is 2.18. The van der Waals surface area contributed by atoms with Crippen LogP contribution in [0.1, 0.15) is 32.3 Å². The number of aromatic hydroxyl groups is 1. The Balaban J connectivity index is 2.11. The summed E-state index contributed by atoms with van der Waals surface area (Å²) in [4.78, 5) is 0. The molecule has 1 aliphatic rings.